The van der Waals surface area contributed by atoms with Gasteiger partial charge in [0.15, 0.2) is 0 Å². The van der Waals surface area contributed by atoms with Crippen molar-refractivity contribution in [1.29, 1.82) is 0 Å². The molecule has 5 heteroatoms. The second-order valence-corrected chi connectivity index (χ2v) is 6.43. The Morgan fingerprint density at radius 1 is 0.960 bits per heavy atom. The van der Waals surface area contributed by atoms with E-state index in [4.69, 9.17) is 11.6 Å². The predicted molar refractivity (Wildman–Crippen MR) is 105 cm³/mol. The molecule has 0 spiro atoms. The number of aryl methyl sites for hydroxylation is 2. The molecule has 0 radical (unpaired) electrons. The number of anilines is 3. The Morgan fingerprint density at radius 3 is 2.52 bits per heavy atom. The van der Waals surface area contributed by atoms with E-state index in [-0.39, 0.29) is 0 Å². The minimum absolute atomic E-state index is 0.614. The zero-order valence-corrected chi connectivity index (χ0v) is 15.1. The highest BCUT2D eigenvalue weighted by molar-refractivity contribution is 6.30. The first-order valence-electron chi connectivity index (χ1n) is 8.26. The van der Waals surface area contributed by atoms with E-state index in [0.717, 1.165) is 29.5 Å². The maximum Gasteiger partial charge on any atom is 0.224 e. The number of hydrogen-bond acceptors (Lipinski definition) is 4. The number of aromatic nitrogens is 2. The van der Waals surface area contributed by atoms with E-state index in [2.05, 4.69) is 52.6 Å². The van der Waals surface area contributed by atoms with Crippen LogP contribution in [-0.4, -0.2) is 16.5 Å². The summed E-state index contributed by atoms with van der Waals surface area (Å²) in [7, 11) is 0. The quantitative estimate of drug-likeness (QED) is 0.644. The van der Waals surface area contributed by atoms with Crippen LogP contribution in [0.5, 0.6) is 0 Å². The third-order valence-electron chi connectivity index (χ3n) is 4.04. The molecular formula is C20H21ClN4. The van der Waals surface area contributed by atoms with E-state index < -0.39 is 0 Å². The van der Waals surface area contributed by atoms with Gasteiger partial charge in [0.25, 0.3) is 0 Å². The van der Waals surface area contributed by atoms with E-state index in [1.807, 2.05) is 30.3 Å². The molecule has 0 amide bonds. The fraction of sp³-hybridized carbons (Fsp3) is 0.200. The van der Waals surface area contributed by atoms with Crippen LogP contribution in [0.15, 0.2) is 54.7 Å². The summed E-state index contributed by atoms with van der Waals surface area (Å²) >= 11 is 5.90. The van der Waals surface area contributed by atoms with Gasteiger partial charge in [0.2, 0.25) is 5.95 Å². The predicted octanol–water partition coefficient (Wildman–Crippen LogP) is 5.15. The van der Waals surface area contributed by atoms with Gasteiger partial charge in [-0.25, -0.2) is 4.98 Å². The molecule has 0 fully saturated rings. The highest BCUT2D eigenvalue weighted by Crippen LogP contribution is 2.18. The molecule has 0 bridgehead atoms. The highest BCUT2D eigenvalue weighted by atomic mass is 35.5. The van der Waals surface area contributed by atoms with Crippen LogP contribution in [0.4, 0.5) is 17.5 Å². The van der Waals surface area contributed by atoms with Gasteiger partial charge >= 0.3 is 0 Å². The van der Waals surface area contributed by atoms with Crippen molar-refractivity contribution >= 4 is 29.1 Å². The number of halogens is 1. The van der Waals surface area contributed by atoms with Gasteiger partial charge in [0.05, 0.1) is 0 Å². The van der Waals surface area contributed by atoms with Crippen LogP contribution in [0.25, 0.3) is 0 Å². The molecule has 2 N–H and O–H groups in total. The lowest BCUT2D eigenvalue weighted by Gasteiger charge is -2.10. The van der Waals surface area contributed by atoms with Crippen molar-refractivity contribution in [3.05, 3.63) is 76.4 Å². The van der Waals surface area contributed by atoms with Crippen molar-refractivity contribution in [1.82, 2.24) is 9.97 Å². The largest absolute Gasteiger partial charge is 0.354 e. The molecule has 0 saturated carbocycles. The summed E-state index contributed by atoms with van der Waals surface area (Å²) in [6, 6.07) is 16.0. The maximum absolute atomic E-state index is 5.90. The molecule has 1 aromatic heterocycles. The molecule has 3 aromatic rings. The van der Waals surface area contributed by atoms with Gasteiger partial charge in [-0.3, -0.25) is 0 Å². The van der Waals surface area contributed by atoms with E-state index in [1.54, 1.807) is 6.20 Å². The second-order valence-electron chi connectivity index (χ2n) is 5.99. The first kappa shape index (κ1) is 17.2. The van der Waals surface area contributed by atoms with Crippen molar-refractivity contribution in [2.45, 2.75) is 20.3 Å². The first-order chi connectivity index (χ1) is 12.1. The summed E-state index contributed by atoms with van der Waals surface area (Å²) in [5.74, 6) is 1.38. The van der Waals surface area contributed by atoms with Crippen molar-refractivity contribution in [2.24, 2.45) is 0 Å². The summed E-state index contributed by atoms with van der Waals surface area (Å²) in [6.07, 6.45) is 2.64. The molecule has 0 aliphatic rings. The molecule has 0 unspecified atom stereocenters. The lowest BCUT2D eigenvalue weighted by Crippen LogP contribution is -2.08. The third-order valence-corrected chi connectivity index (χ3v) is 4.30. The average Bonchev–Trinajstić information content (AvgIpc) is 2.60. The molecule has 2 aromatic carbocycles. The topological polar surface area (TPSA) is 49.8 Å². The van der Waals surface area contributed by atoms with Crippen LogP contribution in [0.1, 0.15) is 16.7 Å². The molecule has 25 heavy (non-hydrogen) atoms. The second kappa shape index (κ2) is 7.99. The van der Waals surface area contributed by atoms with Crippen LogP contribution in [0.3, 0.4) is 0 Å². The monoisotopic (exact) mass is 352 g/mol. The van der Waals surface area contributed by atoms with E-state index in [0.29, 0.717) is 5.95 Å². The van der Waals surface area contributed by atoms with Gasteiger partial charge in [-0.15, -0.1) is 0 Å². The normalized spacial score (nSPS) is 10.5. The Hall–Kier alpha value is -2.59. The molecular weight excluding hydrogens is 332 g/mol. The summed E-state index contributed by atoms with van der Waals surface area (Å²) in [6.45, 7) is 4.96. The number of benzene rings is 2. The van der Waals surface area contributed by atoms with E-state index in [9.17, 15) is 0 Å². The van der Waals surface area contributed by atoms with Gasteiger partial charge in [0.1, 0.15) is 5.82 Å². The van der Waals surface area contributed by atoms with Gasteiger partial charge in [-0.05, 0) is 67.3 Å². The summed E-state index contributed by atoms with van der Waals surface area (Å²) in [4.78, 5) is 8.79. The zero-order chi connectivity index (χ0) is 17.6. The van der Waals surface area contributed by atoms with Crippen molar-refractivity contribution in [2.75, 3.05) is 17.2 Å². The Labute approximate surface area is 153 Å². The lowest BCUT2D eigenvalue weighted by molar-refractivity contribution is 0.985. The zero-order valence-electron chi connectivity index (χ0n) is 14.4. The molecule has 0 saturated heterocycles. The summed E-state index contributed by atoms with van der Waals surface area (Å²) in [5, 5.41) is 7.33. The number of hydrogen-bond donors (Lipinski definition) is 2. The molecule has 0 aliphatic heterocycles. The molecule has 1 heterocycles. The smallest absolute Gasteiger partial charge is 0.224 e. The maximum atomic E-state index is 5.90. The third kappa shape index (κ3) is 4.94. The Bertz CT molecular complexity index is 847. The number of nitrogens with one attached hydrogen (secondary N) is 2. The average molecular weight is 353 g/mol. The molecule has 3 rings (SSSR count). The van der Waals surface area contributed by atoms with Crippen LogP contribution in [0, 0.1) is 13.8 Å². The number of nitrogens with zero attached hydrogens (tertiary/aromatic N) is 2. The van der Waals surface area contributed by atoms with E-state index in [1.165, 1.54) is 16.7 Å². The van der Waals surface area contributed by atoms with Crippen molar-refractivity contribution < 1.29 is 0 Å². The molecule has 0 atom stereocenters. The Balaban J connectivity index is 1.59. The van der Waals surface area contributed by atoms with Crippen LogP contribution >= 0.6 is 11.6 Å². The first-order valence-corrected chi connectivity index (χ1v) is 8.63. The minimum atomic E-state index is 0.614. The Morgan fingerprint density at radius 2 is 1.76 bits per heavy atom. The fourth-order valence-electron chi connectivity index (χ4n) is 2.45. The van der Waals surface area contributed by atoms with Gasteiger partial charge < -0.3 is 10.6 Å². The van der Waals surface area contributed by atoms with Crippen molar-refractivity contribution in [3.63, 3.8) is 0 Å². The molecule has 4 nitrogen and oxygen atoms in total. The van der Waals surface area contributed by atoms with E-state index >= 15 is 0 Å². The number of rotatable bonds is 6. The fourth-order valence-corrected chi connectivity index (χ4v) is 2.58. The molecule has 128 valence electrons. The highest BCUT2D eigenvalue weighted by Gasteiger charge is 2.02. The van der Waals surface area contributed by atoms with Crippen molar-refractivity contribution in [3.8, 4) is 0 Å². The van der Waals surface area contributed by atoms with Gasteiger partial charge in [-0.2, -0.15) is 4.98 Å². The summed E-state index contributed by atoms with van der Waals surface area (Å²) in [5.41, 5.74) is 4.77. The van der Waals surface area contributed by atoms with Gasteiger partial charge in [-0.1, -0.05) is 29.8 Å². The molecule has 0 aliphatic carbocycles. The SMILES string of the molecule is Cc1ccc(Nc2ccnc(NCCc3ccc(Cl)cc3)n2)cc1C. The Kier molecular flexibility index (Phi) is 5.51. The summed E-state index contributed by atoms with van der Waals surface area (Å²) < 4.78 is 0. The van der Waals surface area contributed by atoms with Crippen LogP contribution in [0.2, 0.25) is 5.02 Å². The standard InChI is InChI=1S/C20H21ClN4/c1-14-3-8-18(13-15(14)2)24-19-10-12-23-20(25-19)22-11-9-16-4-6-17(21)7-5-16/h3-8,10,12-13H,9,11H2,1-2H3,(H2,22,23,24,25). The van der Waals surface area contributed by atoms with Crippen LogP contribution in [-0.2, 0) is 6.42 Å². The van der Waals surface area contributed by atoms with Crippen LogP contribution < -0.4 is 10.6 Å². The lowest BCUT2D eigenvalue weighted by atomic mass is 10.1. The minimum Gasteiger partial charge on any atom is -0.354 e. The van der Waals surface area contributed by atoms with Gasteiger partial charge in [0, 0.05) is 23.5 Å².